The molecule has 0 bridgehead atoms. The van der Waals surface area contributed by atoms with E-state index in [0.29, 0.717) is 42.8 Å². The van der Waals surface area contributed by atoms with Crippen LogP contribution < -0.4 is 24.2 Å². The summed E-state index contributed by atoms with van der Waals surface area (Å²) in [5.41, 5.74) is 0.546. The molecule has 0 radical (unpaired) electrons. The lowest BCUT2D eigenvalue weighted by Gasteiger charge is -2.12. The van der Waals surface area contributed by atoms with Gasteiger partial charge in [-0.25, -0.2) is 13.1 Å². The minimum absolute atomic E-state index is 0.0236. The van der Waals surface area contributed by atoms with Crippen molar-refractivity contribution >= 4 is 21.6 Å². The van der Waals surface area contributed by atoms with Gasteiger partial charge in [0.25, 0.3) is 0 Å². The summed E-state index contributed by atoms with van der Waals surface area (Å²) in [6.45, 7) is 3.28. The van der Waals surface area contributed by atoms with Gasteiger partial charge in [-0.15, -0.1) is 0 Å². The molecular weight excluding hydrogens is 396 g/mol. The molecule has 29 heavy (non-hydrogen) atoms. The molecule has 0 aromatic heterocycles. The van der Waals surface area contributed by atoms with Crippen molar-refractivity contribution in [1.29, 1.82) is 0 Å². The highest BCUT2D eigenvalue weighted by atomic mass is 32.2. The third-order valence-electron chi connectivity index (χ3n) is 4.13. The van der Waals surface area contributed by atoms with Gasteiger partial charge in [0.1, 0.15) is 5.75 Å². The summed E-state index contributed by atoms with van der Waals surface area (Å²) < 4.78 is 44.0. The van der Waals surface area contributed by atoms with Crippen LogP contribution in [-0.4, -0.2) is 40.7 Å². The second kappa shape index (κ2) is 9.62. The van der Waals surface area contributed by atoms with Crippen LogP contribution in [0.25, 0.3) is 0 Å². The van der Waals surface area contributed by atoms with Crippen molar-refractivity contribution in [3.8, 4) is 17.2 Å². The lowest BCUT2D eigenvalue weighted by molar-refractivity contribution is -0.116. The smallest absolute Gasteiger partial charge is 0.240 e. The quantitative estimate of drug-likeness (QED) is 0.680. The average Bonchev–Trinajstić information content (AvgIpc) is 2.94. The van der Waals surface area contributed by atoms with Gasteiger partial charge < -0.3 is 19.5 Å². The van der Waals surface area contributed by atoms with Crippen molar-refractivity contribution in [2.75, 3.05) is 31.7 Å². The molecule has 2 aromatic carbocycles. The molecular formula is C20H24N2O6S. The summed E-state index contributed by atoms with van der Waals surface area (Å²) in [5, 5.41) is 2.73. The largest absolute Gasteiger partial charge is 0.492 e. The van der Waals surface area contributed by atoms with Gasteiger partial charge in [0.2, 0.25) is 15.9 Å². The molecule has 1 amide bonds. The van der Waals surface area contributed by atoms with Crippen LogP contribution in [0.1, 0.15) is 19.8 Å². The fourth-order valence-corrected chi connectivity index (χ4v) is 3.80. The van der Waals surface area contributed by atoms with Gasteiger partial charge >= 0.3 is 0 Å². The Labute approximate surface area is 170 Å². The van der Waals surface area contributed by atoms with Crippen LogP contribution in [0.3, 0.4) is 0 Å². The molecule has 2 N–H and O–H groups in total. The Kier molecular flexibility index (Phi) is 6.95. The minimum atomic E-state index is -3.78. The van der Waals surface area contributed by atoms with Crippen LogP contribution in [-0.2, 0) is 14.8 Å². The van der Waals surface area contributed by atoms with Gasteiger partial charge in [0.05, 0.1) is 30.4 Å². The van der Waals surface area contributed by atoms with E-state index in [2.05, 4.69) is 10.0 Å². The van der Waals surface area contributed by atoms with Crippen LogP contribution in [0.2, 0.25) is 0 Å². The van der Waals surface area contributed by atoms with Gasteiger partial charge in [-0.3, -0.25) is 4.79 Å². The molecule has 0 atom stereocenters. The summed E-state index contributed by atoms with van der Waals surface area (Å²) in [7, 11) is -3.78. The molecule has 0 saturated heterocycles. The Morgan fingerprint density at radius 3 is 2.66 bits per heavy atom. The molecule has 1 heterocycles. The first-order valence-electron chi connectivity index (χ1n) is 9.40. The van der Waals surface area contributed by atoms with Gasteiger partial charge in [0.15, 0.2) is 11.5 Å². The van der Waals surface area contributed by atoms with Crippen LogP contribution in [0.4, 0.5) is 5.69 Å². The van der Waals surface area contributed by atoms with E-state index in [-0.39, 0.29) is 23.8 Å². The number of hydrogen-bond donors (Lipinski definition) is 2. The third kappa shape index (κ3) is 5.61. The molecule has 156 valence electrons. The first kappa shape index (κ1) is 20.9. The van der Waals surface area contributed by atoms with E-state index in [0.717, 1.165) is 6.42 Å². The average molecular weight is 420 g/mol. The zero-order valence-corrected chi connectivity index (χ0v) is 17.0. The summed E-state index contributed by atoms with van der Waals surface area (Å²) in [6.07, 6.45) is 0.709. The molecule has 0 fully saturated rings. The van der Waals surface area contributed by atoms with E-state index < -0.39 is 10.0 Å². The number of rotatable bonds is 8. The maximum Gasteiger partial charge on any atom is 0.240 e. The lowest BCUT2D eigenvalue weighted by Crippen LogP contribution is -2.28. The van der Waals surface area contributed by atoms with Gasteiger partial charge in [-0.05, 0) is 31.2 Å². The zero-order chi connectivity index (χ0) is 20.7. The van der Waals surface area contributed by atoms with Gasteiger partial charge in [-0.2, -0.15) is 0 Å². The number of amides is 1. The summed E-state index contributed by atoms with van der Waals surface area (Å²) in [6, 6.07) is 11.5. The maximum absolute atomic E-state index is 12.5. The Hall–Kier alpha value is -2.78. The molecule has 0 aliphatic carbocycles. The fourth-order valence-electron chi connectivity index (χ4n) is 2.76. The molecule has 0 unspecified atom stereocenters. The van der Waals surface area contributed by atoms with Crippen molar-refractivity contribution < 1.29 is 27.4 Å². The monoisotopic (exact) mass is 420 g/mol. The topological polar surface area (TPSA) is 103 Å². The first-order chi connectivity index (χ1) is 14.0. The predicted octanol–water partition coefficient (Wildman–Crippen LogP) is 2.55. The van der Waals surface area contributed by atoms with E-state index >= 15 is 0 Å². The minimum Gasteiger partial charge on any atom is -0.492 e. The van der Waals surface area contributed by atoms with Crippen molar-refractivity contribution in [1.82, 2.24) is 4.72 Å². The molecule has 0 saturated carbocycles. The number of carbonyl (C=O) groups is 1. The van der Waals surface area contributed by atoms with Crippen LogP contribution >= 0.6 is 0 Å². The number of carbonyl (C=O) groups excluding carboxylic acids is 1. The number of sulfonamides is 1. The number of ether oxygens (including phenoxy) is 3. The number of nitrogens with one attached hydrogen (secondary N) is 2. The van der Waals surface area contributed by atoms with Crippen LogP contribution in [0.5, 0.6) is 17.2 Å². The molecule has 0 spiro atoms. The maximum atomic E-state index is 12.5. The van der Waals surface area contributed by atoms with E-state index in [4.69, 9.17) is 14.2 Å². The SMILES string of the molecule is CCOc1ccccc1NC(=O)CCNS(=O)(=O)c1ccc2c(c1)OCCCO2. The summed E-state index contributed by atoms with van der Waals surface area (Å²) in [5.74, 6) is 1.17. The van der Waals surface area contributed by atoms with E-state index in [1.807, 2.05) is 13.0 Å². The summed E-state index contributed by atoms with van der Waals surface area (Å²) in [4.78, 5) is 12.2. The Bertz CT molecular complexity index is 961. The highest BCUT2D eigenvalue weighted by Gasteiger charge is 2.19. The van der Waals surface area contributed by atoms with Gasteiger partial charge in [0, 0.05) is 25.5 Å². The highest BCUT2D eigenvalue weighted by molar-refractivity contribution is 7.89. The number of hydrogen-bond acceptors (Lipinski definition) is 6. The van der Waals surface area contributed by atoms with E-state index in [1.165, 1.54) is 12.1 Å². The molecule has 1 aliphatic rings. The number of para-hydroxylation sites is 2. The first-order valence-corrected chi connectivity index (χ1v) is 10.9. The number of anilines is 1. The predicted molar refractivity (Wildman–Crippen MR) is 108 cm³/mol. The van der Waals surface area contributed by atoms with Crippen molar-refractivity contribution in [3.63, 3.8) is 0 Å². The molecule has 1 aliphatic heterocycles. The Morgan fingerprint density at radius 1 is 1.10 bits per heavy atom. The van der Waals surface area contributed by atoms with Crippen LogP contribution in [0.15, 0.2) is 47.4 Å². The summed E-state index contributed by atoms with van der Waals surface area (Å²) >= 11 is 0. The molecule has 3 rings (SSSR count). The Balaban J connectivity index is 1.57. The van der Waals surface area contributed by atoms with Crippen LogP contribution in [0, 0.1) is 0 Å². The second-order valence-corrected chi connectivity index (χ2v) is 8.05. The third-order valence-corrected chi connectivity index (χ3v) is 5.59. The second-order valence-electron chi connectivity index (χ2n) is 6.28. The normalized spacial score (nSPS) is 13.4. The van der Waals surface area contributed by atoms with E-state index in [1.54, 1.807) is 24.3 Å². The molecule has 8 nitrogen and oxygen atoms in total. The number of fused-ring (bicyclic) bond motifs is 1. The highest BCUT2D eigenvalue weighted by Crippen LogP contribution is 2.31. The lowest BCUT2D eigenvalue weighted by atomic mass is 10.3. The van der Waals surface area contributed by atoms with Crippen molar-refractivity contribution in [2.24, 2.45) is 0 Å². The van der Waals surface area contributed by atoms with E-state index in [9.17, 15) is 13.2 Å². The van der Waals surface area contributed by atoms with Gasteiger partial charge in [-0.1, -0.05) is 12.1 Å². The Morgan fingerprint density at radius 2 is 1.86 bits per heavy atom. The standard InChI is InChI=1S/C20H24N2O6S/c1-2-26-17-7-4-3-6-16(17)22-20(23)10-11-21-29(24,25)15-8-9-18-19(14-15)28-13-5-12-27-18/h3-4,6-9,14,21H,2,5,10-13H2,1H3,(H,22,23). The fraction of sp³-hybridized carbons (Fsp3) is 0.350. The number of benzene rings is 2. The van der Waals surface area contributed by atoms with Crippen molar-refractivity contribution in [2.45, 2.75) is 24.7 Å². The zero-order valence-electron chi connectivity index (χ0n) is 16.1. The molecule has 9 heteroatoms. The molecule has 2 aromatic rings. The van der Waals surface area contributed by atoms with Crippen molar-refractivity contribution in [3.05, 3.63) is 42.5 Å².